The fourth-order valence-corrected chi connectivity index (χ4v) is 3.19. The zero-order chi connectivity index (χ0) is 24.2. The van der Waals surface area contributed by atoms with Crippen LogP contribution in [-0.2, 0) is 6.54 Å². The van der Waals surface area contributed by atoms with E-state index in [1.807, 2.05) is 30.3 Å². The van der Waals surface area contributed by atoms with Gasteiger partial charge >= 0.3 is 11.8 Å². The van der Waals surface area contributed by atoms with E-state index in [-0.39, 0.29) is 23.5 Å². The molecule has 0 saturated heterocycles. The van der Waals surface area contributed by atoms with Gasteiger partial charge in [-0.3, -0.25) is 19.8 Å². The van der Waals surface area contributed by atoms with Crippen LogP contribution in [0.1, 0.15) is 36.7 Å². The van der Waals surface area contributed by atoms with Crippen molar-refractivity contribution in [1.82, 2.24) is 9.88 Å². The van der Waals surface area contributed by atoms with Crippen LogP contribution in [0, 0.1) is 10.1 Å². The van der Waals surface area contributed by atoms with Crippen LogP contribution in [0.5, 0.6) is 0 Å². The van der Waals surface area contributed by atoms with Gasteiger partial charge in [-0.1, -0.05) is 42.5 Å². The van der Waals surface area contributed by atoms with Crippen LogP contribution in [0.25, 0.3) is 11.3 Å². The van der Waals surface area contributed by atoms with E-state index in [9.17, 15) is 24.8 Å². The number of aromatic nitrogens is 1. The van der Waals surface area contributed by atoms with Gasteiger partial charge < -0.3 is 10.4 Å². The van der Waals surface area contributed by atoms with Crippen molar-refractivity contribution >= 4 is 23.4 Å². The summed E-state index contributed by atoms with van der Waals surface area (Å²) in [5.74, 6) is -0.527. The van der Waals surface area contributed by atoms with Gasteiger partial charge in [-0.15, -0.1) is 0 Å². The monoisotopic (exact) mass is 448 g/mol. The third kappa shape index (κ3) is 5.70. The molecule has 0 saturated carbocycles. The van der Waals surface area contributed by atoms with E-state index in [0.717, 1.165) is 11.8 Å². The Morgan fingerprint density at radius 1 is 1.09 bits per heavy atom. The Balaban J connectivity index is 1.82. The SMILES string of the molecule is CC(C)(C)N(Cc1ccc(C(=O)Nc2cc(-c3ccccc3)ncc2[N+](=O)[O-])cc1)C(=O)O. The molecule has 0 radical (unpaired) electrons. The van der Waals surface area contributed by atoms with Gasteiger partial charge in [0.25, 0.3) is 5.91 Å². The zero-order valence-corrected chi connectivity index (χ0v) is 18.5. The number of nitrogens with zero attached hydrogens (tertiary/aromatic N) is 3. The molecule has 0 spiro atoms. The van der Waals surface area contributed by atoms with E-state index < -0.39 is 22.5 Å². The van der Waals surface area contributed by atoms with Crippen LogP contribution in [0.4, 0.5) is 16.2 Å². The minimum atomic E-state index is -1.04. The first-order valence-corrected chi connectivity index (χ1v) is 10.2. The normalized spacial score (nSPS) is 11.0. The van der Waals surface area contributed by atoms with Crippen LogP contribution in [0.15, 0.2) is 66.9 Å². The summed E-state index contributed by atoms with van der Waals surface area (Å²) in [4.78, 5) is 40.6. The van der Waals surface area contributed by atoms with Crippen LogP contribution in [-0.4, -0.2) is 37.5 Å². The average Bonchev–Trinajstić information content (AvgIpc) is 2.77. The number of carbonyl (C=O) groups excluding carboxylic acids is 1. The number of pyridine rings is 1. The molecule has 33 heavy (non-hydrogen) atoms. The van der Waals surface area contributed by atoms with Crippen molar-refractivity contribution in [2.45, 2.75) is 32.9 Å². The molecule has 170 valence electrons. The summed E-state index contributed by atoms with van der Waals surface area (Å²) in [6, 6.07) is 17.0. The first-order chi connectivity index (χ1) is 15.6. The van der Waals surface area contributed by atoms with Crippen molar-refractivity contribution in [2.75, 3.05) is 5.32 Å². The molecule has 0 aliphatic carbocycles. The number of nitro groups is 1. The molecule has 0 bridgehead atoms. The molecule has 0 fully saturated rings. The number of carboxylic acid groups (broad SMARTS) is 1. The molecule has 0 atom stereocenters. The van der Waals surface area contributed by atoms with Crippen LogP contribution < -0.4 is 5.32 Å². The minimum absolute atomic E-state index is 0.0349. The maximum Gasteiger partial charge on any atom is 0.408 e. The standard InChI is InChI=1S/C24H24N4O5/c1-24(2,3)27(23(30)31)15-16-9-11-18(12-10-16)22(29)26-20-13-19(17-7-5-4-6-8-17)25-14-21(20)28(32)33/h4-14H,15H2,1-3H3,(H,30,31)(H,25,26,29). The van der Waals surface area contributed by atoms with Crippen molar-refractivity contribution in [1.29, 1.82) is 0 Å². The third-order valence-corrected chi connectivity index (χ3v) is 4.99. The molecule has 9 heteroatoms. The summed E-state index contributed by atoms with van der Waals surface area (Å²) >= 11 is 0. The molecule has 0 aliphatic rings. The van der Waals surface area contributed by atoms with Crippen molar-refractivity contribution in [3.8, 4) is 11.3 Å². The summed E-state index contributed by atoms with van der Waals surface area (Å²) in [6.07, 6.45) is 0.0807. The van der Waals surface area contributed by atoms with Gasteiger partial charge in [-0.2, -0.15) is 0 Å². The topological polar surface area (TPSA) is 126 Å². The Bertz CT molecular complexity index is 1170. The lowest BCUT2D eigenvalue weighted by Gasteiger charge is -2.33. The number of benzene rings is 2. The second-order valence-electron chi connectivity index (χ2n) is 8.40. The van der Waals surface area contributed by atoms with E-state index in [1.165, 1.54) is 11.0 Å². The molecule has 1 heterocycles. The predicted octanol–water partition coefficient (Wildman–Crippen LogP) is 5.19. The Morgan fingerprint density at radius 2 is 1.73 bits per heavy atom. The van der Waals surface area contributed by atoms with E-state index in [4.69, 9.17) is 0 Å². The number of hydrogen-bond acceptors (Lipinski definition) is 5. The second-order valence-corrected chi connectivity index (χ2v) is 8.40. The third-order valence-electron chi connectivity index (χ3n) is 4.99. The highest BCUT2D eigenvalue weighted by atomic mass is 16.6. The van der Waals surface area contributed by atoms with Gasteiger partial charge in [0.05, 0.1) is 10.6 Å². The fourth-order valence-electron chi connectivity index (χ4n) is 3.19. The van der Waals surface area contributed by atoms with Crippen LogP contribution >= 0.6 is 0 Å². The number of nitrogens with one attached hydrogen (secondary N) is 1. The molecule has 3 aromatic rings. The van der Waals surface area contributed by atoms with Crippen molar-refractivity contribution in [2.24, 2.45) is 0 Å². The Kier molecular flexibility index (Phi) is 6.72. The molecule has 2 N–H and O–H groups in total. The van der Waals surface area contributed by atoms with E-state index in [2.05, 4.69) is 10.3 Å². The maximum absolute atomic E-state index is 12.8. The molecule has 0 unspecified atom stereocenters. The van der Waals surface area contributed by atoms with Crippen molar-refractivity contribution in [3.63, 3.8) is 0 Å². The largest absolute Gasteiger partial charge is 0.465 e. The average molecular weight is 448 g/mol. The van der Waals surface area contributed by atoms with Gasteiger partial charge in [0, 0.05) is 23.2 Å². The Labute approximate surface area is 190 Å². The first kappa shape index (κ1) is 23.4. The maximum atomic E-state index is 12.8. The van der Waals surface area contributed by atoms with Crippen LogP contribution in [0.3, 0.4) is 0 Å². The first-order valence-electron chi connectivity index (χ1n) is 10.2. The quantitative estimate of drug-likeness (QED) is 0.395. The second kappa shape index (κ2) is 9.47. The molecule has 2 amide bonds. The summed E-state index contributed by atoms with van der Waals surface area (Å²) in [5.41, 5.74) is 1.37. The van der Waals surface area contributed by atoms with Gasteiger partial charge in [0.2, 0.25) is 0 Å². The zero-order valence-electron chi connectivity index (χ0n) is 18.5. The molecular weight excluding hydrogens is 424 g/mol. The van der Waals surface area contributed by atoms with Gasteiger partial charge in [-0.05, 0) is 44.5 Å². The van der Waals surface area contributed by atoms with Crippen molar-refractivity contribution < 1.29 is 19.6 Å². The summed E-state index contributed by atoms with van der Waals surface area (Å²) in [5, 5.41) is 23.5. The molecule has 3 rings (SSSR count). The van der Waals surface area contributed by atoms with E-state index in [1.54, 1.807) is 45.0 Å². The summed E-state index contributed by atoms with van der Waals surface area (Å²) in [7, 11) is 0. The molecular formula is C24H24N4O5. The lowest BCUT2D eigenvalue weighted by atomic mass is 10.0. The van der Waals surface area contributed by atoms with Crippen LogP contribution in [0.2, 0.25) is 0 Å². The summed E-state index contributed by atoms with van der Waals surface area (Å²) < 4.78 is 0. The molecule has 0 aliphatic heterocycles. The van der Waals surface area contributed by atoms with E-state index >= 15 is 0 Å². The van der Waals surface area contributed by atoms with Gasteiger partial charge in [-0.25, -0.2) is 9.78 Å². The smallest absolute Gasteiger partial charge is 0.408 e. The highest BCUT2D eigenvalue weighted by Gasteiger charge is 2.26. The van der Waals surface area contributed by atoms with Gasteiger partial charge in [0.1, 0.15) is 11.9 Å². The van der Waals surface area contributed by atoms with Crippen molar-refractivity contribution in [3.05, 3.63) is 88.1 Å². The number of anilines is 1. The molecule has 2 aromatic carbocycles. The lowest BCUT2D eigenvalue weighted by Crippen LogP contribution is -2.44. The number of carbonyl (C=O) groups is 2. The Hall–Kier alpha value is -4.27. The van der Waals surface area contributed by atoms with Gasteiger partial charge in [0.15, 0.2) is 0 Å². The molecule has 1 aromatic heterocycles. The predicted molar refractivity (Wildman–Crippen MR) is 124 cm³/mol. The fraction of sp³-hybridized carbons (Fsp3) is 0.208. The Morgan fingerprint density at radius 3 is 2.27 bits per heavy atom. The highest BCUT2D eigenvalue weighted by Crippen LogP contribution is 2.29. The lowest BCUT2D eigenvalue weighted by molar-refractivity contribution is -0.384. The minimum Gasteiger partial charge on any atom is -0.465 e. The number of amides is 2. The number of rotatable bonds is 6. The number of hydrogen-bond donors (Lipinski definition) is 2. The summed E-state index contributed by atoms with van der Waals surface area (Å²) in [6.45, 7) is 5.56. The highest BCUT2D eigenvalue weighted by molar-refractivity contribution is 6.05. The molecule has 9 nitrogen and oxygen atoms in total. The van der Waals surface area contributed by atoms with E-state index in [0.29, 0.717) is 11.3 Å².